The van der Waals surface area contributed by atoms with Gasteiger partial charge in [0.25, 0.3) is 0 Å². The predicted octanol–water partition coefficient (Wildman–Crippen LogP) is 3.94. The van der Waals surface area contributed by atoms with Crippen LogP contribution in [-0.4, -0.2) is 21.8 Å². The van der Waals surface area contributed by atoms with E-state index in [-0.39, 0.29) is 18.4 Å². The lowest BCUT2D eigenvalue weighted by molar-refractivity contribution is 0.178. The van der Waals surface area contributed by atoms with Gasteiger partial charge in [0.2, 0.25) is 0 Å². The summed E-state index contributed by atoms with van der Waals surface area (Å²) < 4.78 is 7.38. The zero-order valence-electron chi connectivity index (χ0n) is 16.1. The van der Waals surface area contributed by atoms with Gasteiger partial charge in [-0.25, -0.2) is 4.98 Å². The lowest BCUT2D eigenvalue weighted by Crippen LogP contribution is -2.09. The van der Waals surface area contributed by atoms with Gasteiger partial charge in [-0.3, -0.25) is 0 Å². The fourth-order valence-electron chi connectivity index (χ4n) is 3.41. The Morgan fingerprint density at radius 2 is 1.93 bits per heavy atom. The number of methoxy groups -OCH3 is 1. The minimum atomic E-state index is -0.199. The first kappa shape index (κ1) is 20.6. The summed E-state index contributed by atoms with van der Waals surface area (Å²) in [4.78, 5) is 4.14. The molecule has 7 heteroatoms. The summed E-state index contributed by atoms with van der Waals surface area (Å²) in [6, 6.07) is 13.4. The molecule has 29 heavy (non-hydrogen) atoms. The quantitative estimate of drug-likeness (QED) is 0.625. The number of aliphatic hydroxyl groups excluding tert-OH is 1. The third-order valence-corrected chi connectivity index (χ3v) is 5.15. The normalized spacial score (nSPS) is 10.6. The van der Waals surface area contributed by atoms with Crippen molar-refractivity contribution in [2.45, 2.75) is 26.7 Å². The lowest BCUT2D eigenvalue weighted by Gasteiger charge is -2.13. The number of hydrogen-bond acceptors (Lipinski definition) is 5. The number of aliphatic hydroxyl groups is 1. The van der Waals surface area contributed by atoms with Gasteiger partial charge in [-0.05, 0) is 36.2 Å². The maximum Gasteiger partial charge on any atom is 0.134 e. The number of ether oxygens (including phenoxy) is 1. The molecule has 1 N–H and O–H groups in total. The van der Waals surface area contributed by atoms with Crippen LogP contribution < -0.4 is 0 Å². The summed E-state index contributed by atoms with van der Waals surface area (Å²) in [5.74, 6) is 0. The average Bonchev–Trinajstić information content (AvgIpc) is 3.00. The lowest BCUT2D eigenvalue weighted by atomic mass is 10.00. The van der Waals surface area contributed by atoms with Gasteiger partial charge in [0, 0.05) is 36.7 Å². The van der Waals surface area contributed by atoms with Crippen molar-refractivity contribution in [3.05, 3.63) is 75.3 Å². The molecule has 3 aromatic rings. The molecular weight excluding hydrogens is 388 g/mol. The van der Waals surface area contributed by atoms with Gasteiger partial charge in [0.05, 0.1) is 36.1 Å². The second-order valence-corrected chi connectivity index (χ2v) is 6.91. The Morgan fingerprint density at radius 1 is 1.21 bits per heavy atom. The highest BCUT2D eigenvalue weighted by Gasteiger charge is 2.22. The first-order chi connectivity index (χ1) is 14.0. The Labute approximate surface area is 174 Å². The largest absolute Gasteiger partial charge is 0.392 e. The Hall–Kier alpha value is -3.16. The van der Waals surface area contributed by atoms with E-state index in [1.54, 1.807) is 31.5 Å². The van der Waals surface area contributed by atoms with E-state index in [1.165, 1.54) is 0 Å². The van der Waals surface area contributed by atoms with E-state index < -0.39 is 0 Å². The predicted molar refractivity (Wildman–Crippen MR) is 109 cm³/mol. The highest BCUT2D eigenvalue weighted by molar-refractivity contribution is 6.30. The second-order valence-electron chi connectivity index (χ2n) is 6.55. The minimum absolute atomic E-state index is 0.199. The van der Waals surface area contributed by atoms with Gasteiger partial charge in [0.1, 0.15) is 11.2 Å². The first-order valence-corrected chi connectivity index (χ1v) is 9.27. The molecule has 0 bridgehead atoms. The third kappa shape index (κ3) is 4.01. The zero-order chi connectivity index (χ0) is 21.0. The van der Waals surface area contributed by atoms with Gasteiger partial charge in [-0.1, -0.05) is 23.7 Å². The average molecular weight is 407 g/mol. The van der Waals surface area contributed by atoms with Gasteiger partial charge < -0.3 is 14.4 Å². The molecule has 0 fully saturated rings. The van der Waals surface area contributed by atoms with Crippen LogP contribution in [0.4, 0.5) is 0 Å². The van der Waals surface area contributed by atoms with Crippen molar-refractivity contribution in [1.82, 2.24) is 9.55 Å². The van der Waals surface area contributed by atoms with Crippen LogP contribution in [0.1, 0.15) is 33.6 Å². The van der Waals surface area contributed by atoms with E-state index in [0.29, 0.717) is 23.2 Å². The first-order valence-electron chi connectivity index (χ1n) is 8.89. The van der Waals surface area contributed by atoms with E-state index in [9.17, 15) is 10.4 Å². The van der Waals surface area contributed by atoms with E-state index in [4.69, 9.17) is 21.6 Å². The van der Waals surface area contributed by atoms with Crippen molar-refractivity contribution in [3.8, 4) is 23.3 Å². The van der Waals surface area contributed by atoms with Crippen molar-refractivity contribution in [2.24, 2.45) is 0 Å². The second kappa shape index (κ2) is 8.89. The Bertz CT molecular complexity index is 1120. The molecule has 0 aliphatic heterocycles. The summed E-state index contributed by atoms with van der Waals surface area (Å²) in [7, 11) is 1.59. The number of benzene rings is 1. The van der Waals surface area contributed by atoms with E-state index >= 15 is 0 Å². The summed E-state index contributed by atoms with van der Waals surface area (Å²) in [5, 5.41) is 28.7. The van der Waals surface area contributed by atoms with Gasteiger partial charge in [-0.15, -0.1) is 0 Å². The molecule has 2 aromatic heterocycles. The summed E-state index contributed by atoms with van der Waals surface area (Å²) in [6.07, 6.45) is 1.66. The third-order valence-electron chi connectivity index (χ3n) is 4.81. The van der Waals surface area contributed by atoms with Crippen LogP contribution >= 0.6 is 11.6 Å². The minimum Gasteiger partial charge on any atom is -0.392 e. The van der Waals surface area contributed by atoms with Crippen LogP contribution in [0.2, 0.25) is 5.15 Å². The molecule has 3 rings (SSSR count). The molecule has 0 spiro atoms. The van der Waals surface area contributed by atoms with Crippen LogP contribution in [0, 0.1) is 29.6 Å². The molecule has 1 aromatic carbocycles. The van der Waals surface area contributed by atoms with Gasteiger partial charge in [-0.2, -0.15) is 10.5 Å². The Balaban J connectivity index is 2.15. The SMILES string of the molecule is COCc1c(C#N)c(-c2ccc(C#N)cc2)c(C)n1Cc1cnc(Cl)c(CO)c1. The van der Waals surface area contributed by atoms with Gasteiger partial charge >= 0.3 is 0 Å². The number of hydrogen-bond donors (Lipinski definition) is 1. The zero-order valence-corrected chi connectivity index (χ0v) is 16.9. The maximum atomic E-state index is 9.88. The van der Waals surface area contributed by atoms with Crippen LogP contribution in [0.25, 0.3) is 11.1 Å². The van der Waals surface area contributed by atoms with Crippen LogP contribution in [-0.2, 0) is 24.5 Å². The molecule has 2 heterocycles. The molecule has 146 valence electrons. The molecule has 0 aliphatic carbocycles. The van der Waals surface area contributed by atoms with Crippen LogP contribution in [0.15, 0.2) is 36.5 Å². The topological polar surface area (TPSA) is 94.9 Å². The van der Waals surface area contributed by atoms with Crippen molar-refractivity contribution in [1.29, 1.82) is 10.5 Å². The summed E-state index contributed by atoms with van der Waals surface area (Å²) in [6.45, 7) is 2.47. The number of nitrogens with zero attached hydrogens (tertiary/aromatic N) is 4. The van der Waals surface area contributed by atoms with Crippen molar-refractivity contribution in [3.63, 3.8) is 0 Å². The molecule has 0 unspecified atom stereocenters. The van der Waals surface area contributed by atoms with E-state index in [0.717, 1.165) is 28.1 Å². The number of rotatable bonds is 6. The summed E-state index contributed by atoms with van der Waals surface area (Å²) >= 11 is 6.00. The molecular formula is C22H19ClN4O2. The van der Waals surface area contributed by atoms with E-state index in [1.807, 2.05) is 23.6 Å². The molecule has 0 aliphatic rings. The highest BCUT2D eigenvalue weighted by atomic mass is 35.5. The standard InChI is InChI=1S/C22H19ClN4O2/c1-14-21(17-5-3-15(8-24)4-6-17)19(9-25)20(13-29-2)27(14)11-16-7-18(12-28)22(23)26-10-16/h3-7,10,28H,11-13H2,1-2H3. The number of halogens is 1. The molecule has 0 atom stereocenters. The molecule has 0 saturated carbocycles. The highest BCUT2D eigenvalue weighted by Crippen LogP contribution is 2.33. The number of aromatic nitrogens is 2. The van der Waals surface area contributed by atoms with Crippen molar-refractivity contribution >= 4 is 11.6 Å². The van der Waals surface area contributed by atoms with Gasteiger partial charge in [0.15, 0.2) is 0 Å². The molecule has 0 amide bonds. The number of pyridine rings is 1. The van der Waals surface area contributed by atoms with Crippen molar-refractivity contribution in [2.75, 3.05) is 7.11 Å². The number of nitriles is 2. The fourth-order valence-corrected chi connectivity index (χ4v) is 3.57. The summed E-state index contributed by atoms with van der Waals surface area (Å²) in [5.41, 5.74) is 5.84. The fraction of sp³-hybridized carbons (Fsp3) is 0.227. The maximum absolute atomic E-state index is 9.88. The Kier molecular flexibility index (Phi) is 6.31. The van der Waals surface area contributed by atoms with Crippen molar-refractivity contribution < 1.29 is 9.84 Å². The molecule has 0 saturated heterocycles. The van der Waals surface area contributed by atoms with Crippen LogP contribution in [0.5, 0.6) is 0 Å². The van der Waals surface area contributed by atoms with Crippen LogP contribution in [0.3, 0.4) is 0 Å². The smallest absolute Gasteiger partial charge is 0.134 e. The van der Waals surface area contributed by atoms with E-state index in [2.05, 4.69) is 17.1 Å². The Morgan fingerprint density at radius 3 is 2.52 bits per heavy atom. The molecule has 0 radical (unpaired) electrons. The molecule has 6 nitrogen and oxygen atoms in total. The monoisotopic (exact) mass is 406 g/mol.